The van der Waals surface area contributed by atoms with Crippen LogP contribution in [0.4, 0.5) is 0 Å². The first-order chi connectivity index (χ1) is 25.1. The van der Waals surface area contributed by atoms with Gasteiger partial charge in [0.15, 0.2) is 0 Å². The molecule has 0 amide bonds. The number of benzene rings is 4. The maximum Gasteiger partial charge on any atom is 0.269 e. The number of pyridine rings is 2. The van der Waals surface area contributed by atoms with E-state index < -0.39 is 6.85 Å². The summed E-state index contributed by atoms with van der Waals surface area (Å²) in [5.41, 5.74) is 8.36. The number of imidazole rings is 1. The monoisotopic (exact) mass is 658 g/mol. The second-order valence-corrected chi connectivity index (χ2v) is 14.9. The highest BCUT2D eigenvalue weighted by atomic mass is 16.5. The minimum absolute atomic E-state index is 0.0276. The lowest BCUT2D eigenvalue weighted by atomic mass is 9.80. The number of hydrogen-bond donors (Lipinski definition) is 0. The van der Waals surface area contributed by atoms with E-state index in [0.29, 0.717) is 17.3 Å². The molecule has 0 N–H and O–H groups in total. The molecule has 0 atom stereocenters. The van der Waals surface area contributed by atoms with Crippen LogP contribution in [0.1, 0.15) is 62.3 Å². The minimum Gasteiger partial charge on any atom is -0.456 e. The Hall–Kier alpha value is -5.75. The minimum atomic E-state index is -2.25. The van der Waals surface area contributed by atoms with Gasteiger partial charge in [0.2, 0.25) is 0 Å². The van der Waals surface area contributed by atoms with Crippen molar-refractivity contribution in [2.24, 2.45) is 0 Å². The van der Waals surface area contributed by atoms with E-state index in [1.54, 1.807) is 18.5 Å². The van der Waals surface area contributed by atoms with Crippen molar-refractivity contribution in [1.82, 2.24) is 19.1 Å². The topological polar surface area (TPSA) is 48.8 Å². The van der Waals surface area contributed by atoms with Crippen LogP contribution in [-0.4, -0.2) is 19.1 Å². The normalized spacial score (nSPS) is 13.4. The van der Waals surface area contributed by atoms with Crippen LogP contribution < -0.4 is 9.30 Å². The molecule has 4 aromatic heterocycles. The lowest BCUT2D eigenvalue weighted by Gasteiger charge is -2.26. The maximum absolute atomic E-state index is 7.98. The first-order valence-corrected chi connectivity index (χ1v) is 16.9. The summed E-state index contributed by atoms with van der Waals surface area (Å²) >= 11 is 0. The van der Waals surface area contributed by atoms with Crippen molar-refractivity contribution >= 4 is 32.8 Å². The van der Waals surface area contributed by atoms with Gasteiger partial charge in [-0.3, -0.25) is 18.7 Å². The van der Waals surface area contributed by atoms with Gasteiger partial charge in [0.05, 0.1) is 39.6 Å². The number of nitrogens with zero attached hydrogens (tertiary/aromatic N) is 5. The molecule has 8 aromatic rings. The van der Waals surface area contributed by atoms with Crippen molar-refractivity contribution in [2.45, 2.75) is 59.2 Å². The zero-order valence-electron chi connectivity index (χ0n) is 32.2. The number of aryl methyl sites for hydroxylation is 1. The zero-order chi connectivity index (χ0) is 37.3. The largest absolute Gasteiger partial charge is 0.456 e. The number of aromatic nitrogens is 5. The number of fused-ring (bicyclic) bond motifs is 4. The number of para-hydroxylation sites is 3. The van der Waals surface area contributed by atoms with E-state index in [2.05, 4.69) is 105 Å². The van der Waals surface area contributed by atoms with Gasteiger partial charge in [-0.2, -0.15) is 0 Å². The first-order valence-electron chi connectivity index (χ1n) is 18.4. The van der Waals surface area contributed by atoms with Crippen molar-refractivity contribution in [1.29, 1.82) is 0 Å². The molecule has 0 unspecified atom stereocenters. The highest BCUT2D eigenvalue weighted by Crippen LogP contribution is 2.36. The third-order valence-corrected chi connectivity index (χ3v) is 9.28. The molecule has 0 aliphatic carbocycles. The van der Waals surface area contributed by atoms with Crippen LogP contribution in [-0.2, 0) is 10.8 Å². The molecule has 50 heavy (non-hydrogen) atoms. The van der Waals surface area contributed by atoms with Crippen molar-refractivity contribution in [3.63, 3.8) is 0 Å². The quantitative estimate of drug-likeness (QED) is 0.137. The number of ether oxygens (including phenoxy) is 1. The van der Waals surface area contributed by atoms with Gasteiger partial charge < -0.3 is 4.74 Å². The fourth-order valence-electron chi connectivity index (χ4n) is 6.57. The summed E-state index contributed by atoms with van der Waals surface area (Å²) in [7, 11) is 0. The molecule has 0 aliphatic heterocycles. The molecule has 0 saturated carbocycles. The van der Waals surface area contributed by atoms with Crippen LogP contribution in [0.15, 0.2) is 122 Å². The molecule has 0 radical (unpaired) electrons. The second kappa shape index (κ2) is 11.7. The third-order valence-electron chi connectivity index (χ3n) is 9.28. The summed E-state index contributed by atoms with van der Waals surface area (Å²) in [6.45, 7) is 11.2. The third kappa shape index (κ3) is 5.61. The van der Waals surface area contributed by atoms with E-state index in [0.717, 1.165) is 44.2 Å². The SMILES string of the molecule is [2H]C([2H])([2H])c1ccnc(-n2c3ccccc3c3ccc(Oc4cncc(-n5[c-][n+](-c6cc(C(C)(C)C)cc(C(C)(C)C)c6)c6ccccc65)c4)cc32)c1. The zero-order valence-corrected chi connectivity index (χ0v) is 29.2. The van der Waals surface area contributed by atoms with Crippen LogP contribution in [0.2, 0.25) is 0 Å². The summed E-state index contributed by atoms with van der Waals surface area (Å²) in [4.78, 5) is 9.18. The smallest absolute Gasteiger partial charge is 0.269 e. The molecule has 248 valence electrons. The average Bonchev–Trinajstić information content (AvgIpc) is 3.67. The van der Waals surface area contributed by atoms with Crippen LogP contribution >= 0.6 is 0 Å². The Bertz CT molecular complexity index is 2640. The van der Waals surface area contributed by atoms with E-state index in [1.165, 1.54) is 17.2 Å². The Kier molecular flexibility index (Phi) is 6.58. The van der Waals surface area contributed by atoms with Crippen LogP contribution in [0.5, 0.6) is 11.5 Å². The predicted molar refractivity (Wildman–Crippen MR) is 202 cm³/mol. The van der Waals surface area contributed by atoms with Gasteiger partial charge in [-0.1, -0.05) is 90.1 Å². The number of rotatable bonds is 5. The summed E-state index contributed by atoms with van der Waals surface area (Å²) < 4.78 is 36.6. The van der Waals surface area contributed by atoms with Crippen LogP contribution in [0, 0.1) is 13.2 Å². The second-order valence-electron chi connectivity index (χ2n) is 14.9. The van der Waals surface area contributed by atoms with Crippen molar-refractivity contribution < 1.29 is 13.4 Å². The van der Waals surface area contributed by atoms with E-state index in [-0.39, 0.29) is 16.4 Å². The number of hydrogen-bond acceptors (Lipinski definition) is 3. The summed E-state index contributed by atoms with van der Waals surface area (Å²) in [6, 6.07) is 34.3. The average molecular weight is 659 g/mol. The standard InChI is InChI=1S/C44H41N5O/c1-29-18-19-46-42(20-29)49-38-13-9-8-12-36(38)37-17-16-34(25-41(37)49)50-35-24-33(26-45-27-35)48-28-47(39-14-10-11-15-40(39)48)32-22-30(43(2,3)4)21-31(23-32)44(5,6)7/h8-27H,1-7H3/i1D3. The highest BCUT2D eigenvalue weighted by molar-refractivity contribution is 6.09. The Balaban J connectivity index is 1.21. The van der Waals surface area contributed by atoms with Gasteiger partial charge >= 0.3 is 0 Å². The van der Waals surface area contributed by atoms with Gasteiger partial charge in [-0.15, -0.1) is 0 Å². The molecule has 6 nitrogen and oxygen atoms in total. The molecule has 4 heterocycles. The summed E-state index contributed by atoms with van der Waals surface area (Å²) in [5.74, 6) is 1.70. The van der Waals surface area contributed by atoms with E-state index >= 15 is 0 Å². The molecule has 8 rings (SSSR count). The first kappa shape index (κ1) is 28.1. The molecule has 0 bridgehead atoms. The summed E-state index contributed by atoms with van der Waals surface area (Å²) in [6.07, 6.45) is 8.70. The van der Waals surface area contributed by atoms with Gasteiger partial charge in [0.1, 0.15) is 17.3 Å². The molecular formula is C44H41N5O. The fraction of sp³-hybridized carbons (Fsp3) is 0.205. The van der Waals surface area contributed by atoms with Gasteiger partial charge in [-0.25, -0.2) is 4.98 Å². The molecule has 0 saturated heterocycles. The molecule has 6 heteroatoms. The van der Waals surface area contributed by atoms with Crippen LogP contribution in [0.25, 0.3) is 50.0 Å². The van der Waals surface area contributed by atoms with E-state index in [1.807, 2.05) is 63.9 Å². The Morgan fingerprint density at radius 3 is 2.18 bits per heavy atom. The maximum atomic E-state index is 7.98. The van der Waals surface area contributed by atoms with Gasteiger partial charge in [0.25, 0.3) is 6.33 Å². The molecule has 0 aliphatic rings. The Morgan fingerprint density at radius 1 is 0.700 bits per heavy atom. The predicted octanol–water partition coefficient (Wildman–Crippen LogP) is 10.3. The van der Waals surface area contributed by atoms with E-state index in [9.17, 15) is 0 Å². The molecular weight excluding hydrogens is 615 g/mol. The lowest BCUT2D eigenvalue weighted by Crippen LogP contribution is -2.31. The van der Waals surface area contributed by atoms with Gasteiger partial charge in [0, 0.05) is 33.3 Å². The van der Waals surface area contributed by atoms with Crippen LogP contribution in [0.3, 0.4) is 0 Å². The van der Waals surface area contributed by atoms with E-state index in [4.69, 9.17) is 8.85 Å². The van der Waals surface area contributed by atoms with Crippen molar-refractivity contribution in [3.05, 3.63) is 145 Å². The summed E-state index contributed by atoms with van der Waals surface area (Å²) in [5, 5.41) is 2.04. The van der Waals surface area contributed by atoms with Gasteiger partial charge in [-0.05, 0) is 82.9 Å². The Labute approximate surface area is 297 Å². The van der Waals surface area contributed by atoms with Crippen molar-refractivity contribution in [3.8, 4) is 28.7 Å². The Morgan fingerprint density at radius 2 is 1.42 bits per heavy atom. The molecule has 0 spiro atoms. The lowest BCUT2D eigenvalue weighted by molar-refractivity contribution is -0.572. The molecule has 4 aromatic carbocycles. The fourth-order valence-corrected chi connectivity index (χ4v) is 6.57. The van der Waals surface area contributed by atoms with Crippen molar-refractivity contribution in [2.75, 3.05) is 0 Å². The highest BCUT2D eigenvalue weighted by Gasteiger charge is 2.22. The molecule has 0 fully saturated rings.